The van der Waals surface area contributed by atoms with Gasteiger partial charge in [-0.05, 0) is 6.07 Å². The van der Waals surface area contributed by atoms with E-state index in [1.165, 1.54) is 29.2 Å². The molecule has 3 aromatic rings. The van der Waals surface area contributed by atoms with Crippen LogP contribution in [-0.4, -0.2) is 31.0 Å². The monoisotopic (exact) mass is 296 g/mol. The summed E-state index contributed by atoms with van der Waals surface area (Å²) in [4.78, 5) is 17.4. The normalized spacial score (nSPS) is 10.9. The Morgan fingerprint density at radius 3 is 3.05 bits per heavy atom. The van der Waals surface area contributed by atoms with Crippen LogP contribution in [0.15, 0.2) is 24.5 Å². The van der Waals surface area contributed by atoms with Gasteiger partial charge in [0.2, 0.25) is 5.95 Å². The molecule has 0 bridgehead atoms. The number of halogens is 2. The van der Waals surface area contributed by atoms with Gasteiger partial charge in [0.25, 0.3) is 0 Å². The van der Waals surface area contributed by atoms with E-state index < -0.39 is 12.0 Å². The fourth-order valence-corrected chi connectivity index (χ4v) is 1.83. The second-order valence-electron chi connectivity index (χ2n) is 3.83. The van der Waals surface area contributed by atoms with Crippen molar-refractivity contribution in [3.63, 3.8) is 0 Å². The van der Waals surface area contributed by atoms with E-state index in [1.807, 2.05) is 0 Å². The number of H-pyrrole nitrogens is 1. The van der Waals surface area contributed by atoms with Crippen molar-refractivity contribution >= 4 is 28.8 Å². The summed E-state index contributed by atoms with van der Waals surface area (Å²) >= 11 is 5.67. The van der Waals surface area contributed by atoms with Crippen LogP contribution in [0.1, 0.15) is 0 Å². The zero-order valence-corrected chi connectivity index (χ0v) is 10.4. The molecule has 0 unspecified atom stereocenters. The maximum Gasteiger partial charge on any atom is 0.511 e. The van der Waals surface area contributed by atoms with Crippen molar-refractivity contribution in [3.05, 3.63) is 35.4 Å². The molecule has 7 nitrogen and oxygen atoms in total. The average Bonchev–Trinajstić information content (AvgIpc) is 2.95. The van der Waals surface area contributed by atoms with Crippen LogP contribution in [-0.2, 0) is 0 Å². The van der Waals surface area contributed by atoms with Crippen LogP contribution in [0, 0.1) is 5.82 Å². The minimum Gasteiger partial charge on any atom is -0.449 e. The van der Waals surface area contributed by atoms with Crippen molar-refractivity contribution in [3.8, 4) is 11.7 Å². The lowest BCUT2D eigenvalue weighted by Crippen LogP contribution is -2.02. The van der Waals surface area contributed by atoms with E-state index in [2.05, 4.69) is 19.8 Å². The third-order valence-corrected chi connectivity index (χ3v) is 2.78. The average molecular weight is 297 g/mol. The van der Waals surface area contributed by atoms with Gasteiger partial charge in [-0.1, -0.05) is 11.6 Å². The number of carbonyl (C=O) groups is 1. The summed E-state index contributed by atoms with van der Waals surface area (Å²) in [6.07, 6.45) is 1.10. The van der Waals surface area contributed by atoms with E-state index in [0.29, 0.717) is 11.0 Å². The molecule has 2 heterocycles. The minimum atomic E-state index is -1.44. The number of aromatic amines is 1. The number of hydrogen-bond acceptors (Lipinski definition) is 4. The van der Waals surface area contributed by atoms with E-state index in [9.17, 15) is 9.18 Å². The van der Waals surface area contributed by atoms with Gasteiger partial charge in [-0.2, -0.15) is 5.10 Å². The number of rotatable bonds is 2. The van der Waals surface area contributed by atoms with Crippen molar-refractivity contribution in [1.82, 2.24) is 19.7 Å². The molecule has 0 aliphatic rings. The second-order valence-corrected chi connectivity index (χ2v) is 4.24. The first-order valence-electron chi connectivity index (χ1n) is 5.33. The molecule has 0 radical (unpaired) electrons. The topological polar surface area (TPSA) is 93.0 Å². The molecule has 0 aliphatic heterocycles. The Morgan fingerprint density at radius 1 is 1.50 bits per heavy atom. The molecule has 3 rings (SSSR count). The lowest BCUT2D eigenvalue weighted by molar-refractivity contribution is 0.144. The van der Waals surface area contributed by atoms with Crippen molar-refractivity contribution in [2.45, 2.75) is 0 Å². The number of carboxylic acid groups (broad SMARTS) is 1. The summed E-state index contributed by atoms with van der Waals surface area (Å²) in [5, 5.41) is 12.3. The number of nitrogens with zero attached hydrogens (tertiary/aromatic N) is 3. The SMILES string of the molecule is O=C(O)Oc1cnn(-c2nc3cc(Cl)c(F)cc3[nH]2)c1. The number of nitrogens with one attached hydrogen (secondary N) is 1. The standard InChI is InChI=1S/C11H6ClFN4O3/c12-6-1-8-9(2-7(6)13)16-10(15-8)17-4-5(3-14-17)20-11(18)19/h1-4H,(H,15,16)(H,18,19). The van der Waals surface area contributed by atoms with Crippen LogP contribution in [0.5, 0.6) is 5.75 Å². The first-order chi connectivity index (χ1) is 9.52. The Hall–Kier alpha value is -2.61. The first kappa shape index (κ1) is 12.4. The molecule has 9 heteroatoms. The Kier molecular flexibility index (Phi) is 2.79. The van der Waals surface area contributed by atoms with Gasteiger partial charge in [-0.3, -0.25) is 0 Å². The van der Waals surface area contributed by atoms with Crippen LogP contribution >= 0.6 is 11.6 Å². The van der Waals surface area contributed by atoms with Gasteiger partial charge in [0, 0.05) is 6.07 Å². The number of ether oxygens (including phenoxy) is 1. The van der Waals surface area contributed by atoms with Crippen LogP contribution in [0.4, 0.5) is 9.18 Å². The molecule has 1 aromatic carbocycles. The van der Waals surface area contributed by atoms with Crippen molar-refractivity contribution in [2.75, 3.05) is 0 Å². The van der Waals surface area contributed by atoms with Crippen LogP contribution in [0.3, 0.4) is 0 Å². The predicted octanol–water partition coefficient (Wildman–Crippen LogP) is 2.60. The van der Waals surface area contributed by atoms with Gasteiger partial charge in [0.05, 0.1) is 28.4 Å². The Bertz CT molecular complexity index is 774. The molecule has 0 amide bonds. The number of aromatic nitrogens is 4. The molecular formula is C11H6ClFN4O3. The molecule has 0 aliphatic carbocycles. The highest BCUT2D eigenvalue weighted by molar-refractivity contribution is 6.31. The maximum absolute atomic E-state index is 13.3. The largest absolute Gasteiger partial charge is 0.511 e. The molecule has 0 saturated carbocycles. The van der Waals surface area contributed by atoms with Gasteiger partial charge in [0.1, 0.15) is 5.82 Å². The molecule has 0 fully saturated rings. The van der Waals surface area contributed by atoms with Gasteiger partial charge in [0.15, 0.2) is 5.75 Å². The van der Waals surface area contributed by atoms with E-state index in [0.717, 1.165) is 0 Å². The molecule has 0 atom stereocenters. The third-order valence-electron chi connectivity index (χ3n) is 2.49. The summed E-state index contributed by atoms with van der Waals surface area (Å²) in [6, 6.07) is 2.59. The zero-order chi connectivity index (χ0) is 14.3. The Morgan fingerprint density at radius 2 is 2.30 bits per heavy atom. The Balaban J connectivity index is 2.01. The highest BCUT2D eigenvalue weighted by Crippen LogP contribution is 2.22. The number of imidazole rings is 1. The van der Waals surface area contributed by atoms with Crippen LogP contribution < -0.4 is 4.74 Å². The fourth-order valence-electron chi connectivity index (χ4n) is 1.68. The molecule has 102 valence electrons. The van der Waals surface area contributed by atoms with Crippen LogP contribution in [0.2, 0.25) is 5.02 Å². The van der Waals surface area contributed by atoms with Gasteiger partial charge in [-0.25, -0.2) is 18.9 Å². The van der Waals surface area contributed by atoms with Crippen molar-refractivity contribution < 1.29 is 19.0 Å². The summed E-state index contributed by atoms with van der Waals surface area (Å²) in [6.45, 7) is 0. The van der Waals surface area contributed by atoms with Crippen molar-refractivity contribution in [2.24, 2.45) is 0 Å². The molecule has 2 N–H and O–H groups in total. The lowest BCUT2D eigenvalue weighted by atomic mass is 10.3. The summed E-state index contributed by atoms with van der Waals surface area (Å²) in [5.74, 6) is -0.242. The highest BCUT2D eigenvalue weighted by Gasteiger charge is 2.11. The quantitative estimate of drug-likeness (QED) is 0.709. The maximum atomic E-state index is 13.3. The van der Waals surface area contributed by atoms with E-state index in [4.69, 9.17) is 16.7 Å². The van der Waals surface area contributed by atoms with Crippen molar-refractivity contribution in [1.29, 1.82) is 0 Å². The predicted molar refractivity (Wildman–Crippen MR) is 66.8 cm³/mol. The van der Waals surface area contributed by atoms with E-state index in [-0.39, 0.29) is 16.7 Å². The van der Waals surface area contributed by atoms with Crippen LogP contribution in [0.25, 0.3) is 17.0 Å². The van der Waals surface area contributed by atoms with Gasteiger partial charge in [-0.15, -0.1) is 0 Å². The fraction of sp³-hybridized carbons (Fsp3) is 0. The van der Waals surface area contributed by atoms with Gasteiger partial charge < -0.3 is 14.8 Å². The first-order valence-corrected chi connectivity index (χ1v) is 5.71. The molecule has 20 heavy (non-hydrogen) atoms. The van der Waals surface area contributed by atoms with E-state index >= 15 is 0 Å². The molecular weight excluding hydrogens is 291 g/mol. The Labute approximate surface area is 115 Å². The summed E-state index contributed by atoms with van der Waals surface area (Å²) in [5.41, 5.74) is 0.903. The van der Waals surface area contributed by atoms with E-state index in [1.54, 1.807) is 0 Å². The third kappa shape index (κ3) is 2.16. The smallest absolute Gasteiger partial charge is 0.449 e. The second kappa shape index (κ2) is 4.49. The summed E-state index contributed by atoms with van der Waals surface area (Å²) < 4.78 is 19.0. The number of benzene rings is 1. The lowest BCUT2D eigenvalue weighted by Gasteiger charge is -1.93. The molecule has 2 aromatic heterocycles. The minimum absolute atomic E-state index is 0.0362. The summed E-state index contributed by atoms with van der Waals surface area (Å²) in [7, 11) is 0. The van der Waals surface area contributed by atoms with Gasteiger partial charge >= 0.3 is 6.16 Å². The highest BCUT2D eigenvalue weighted by atomic mass is 35.5. The number of fused-ring (bicyclic) bond motifs is 1. The number of hydrogen-bond donors (Lipinski definition) is 2. The molecule has 0 saturated heterocycles. The zero-order valence-electron chi connectivity index (χ0n) is 9.67. The molecule has 0 spiro atoms.